The topological polar surface area (TPSA) is 67.2 Å². The quantitative estimate of drug-likeness (QED) is 0.799. The maximum Gasteiger partial charge on any atom is 0.348 e. The van der Waals surface area contributed by atoms with E-state index in [0.717, 1.165) is 11.3 Å². The van der Waals surface area contributed by atoms with Gasteiger partial charge in [-0.3, -0.25) is 0 Å². The van der Waals surface area contributed by atoms with Crippen molar-refractivity contribution in [2.45, 2.75) is 4.21 Å². The number of thiophene rings is 1. The van der Waals surface area contributed by atoms with Crippen LogP contribution in [0, 0.1) is 11.3 Å². The molecule has 0 aliphatic rings. The summed E-state index contributed by atoms with van der Waals surface area (Å²) < 4.78 is 28.6. The second-order valence-corrected chi connectivity index (χ2v) is 5.83. The van der Waals surface area contributed by atoms with Crippen LogP contribution >= 0.6 is 11.3 Å². The lowest BCUT2D eigenvalue weighted by atomic mass is 10.2. The van der Waals surface area contributed by atoms with Gasteiger partial charge in [0.2, 0.25) is 0 Å². The average molecular weight is 265 g/mol. The molecule has 0 fully saturated rings. The van der Waals surface area contributed by atoms with Crippen molar-refractivity contribution in [2.75, 3.05) is 0 Å². The molecule has 4 nitrogen and oxygen atoms in total. The number of hydrogen-bond acceptors (Lipinski definition) is 5. The normalized spacial score (nSPS) is 10.8. The summed E-state index contributed by atoms with van der Waals surface area (Å²) in [6, 6.07) is 11.0. The summed E-state index contributed by atoms with van der Waals surface area (Å²) in [5, 5.41) is 10.3. The lowest BCUT2D eigenvalue weighted by Gasteiger charge is -2.04. The first-order chi connectivity index (χ1) is 8.12. The van der Waals surface area contributed by atoms with Gasteiger partial charge in [-0.05, 0) is 29.6 Å². The van der Waals surface area contributed by atoms with Gasteiger partial charge in [-0.25, -0.2) is 0 Å². The molecule has 1 aromatic carbocycles. The monoisotopic (exact) mass is 265 g/mol. The molecule has 1 heterocycles. The fourth-order valence-electron chi connectivity index (χ4n) is 1.19. The third-order valence-electron chi connectivity index (χ3n) is 1.91. The Morgan fingerprint density at radius 1 is 1.24 bits per heavy atom. The minimum absolute atomic E-state index is 0.137. The van der Waals surface area contributed by atoms with Crippen molar-refractivity contribution in [3.05, 3.63) is 47.3 Å². The van der Waals surface area contributed by atoms with Crippen LogP contribution in [0.2, 0.25) is 0 Å². The zero-order valence-electron chi connectivity index (χ0n) is 8.53. The Morgan fingerprint density at radius 2 is 2.06 bits per heavy atom. The Hall–Kier alpha value is -1.84. The van der Waals surface area contributed by atoms with Crippen molar-refractivity contribution in [2.24, 2.45) is 0 Å². The molecule has 0 saturated heterocycles. The van der Waals surface area contributed by atoms with Gasteiger partial charge in [0.15, 0.2) is 4.21 Å². The number of hydrogen-bond donors (Lipinski definition) is 0. The average Bonchev–Trinajstić information content (AvgIpc) is 2.83. The first-order valence-electron chi connectivity index (χ1n) is 4.60. The van der Waals surface area contributed by atoms with Gasteiger partial charge in [0.05, 0.1) is 11.6 Å². The lowest BCUT2D eigenvalue weighted by molar-refractivity contribution is 0.488. The van der Waals surface area contributed by atoms with Crippen molar-refractivity contribution < 1.29 is 12.6 Å². The standard InChI is InChI=1S/C11H7NO3S2/c12-8-9-3-1-4-10(7-9)15-17(13,14)11-5-2-6-16-11/h1-7H. The highest BCUT2D eigenvalue weighted by molar-refractivity contribution is 7.89. The van der Waals surface area contributed by atoms with Gasteiger partial charge in [0, 0.05) is 0 Å². The number of benzene rings is 1. The van der Waals surface area contributed by atoms with E-state index in [-0.39, 0.29) is 9.96 Å². The summed E-state index contributed by atoms with van der Waals surface area (Å²) in [7, 11) is -3.79. The predicted octanol–water partition coefficient (Wildman–Crippen LogP) is 2.39. The Labute approximate surface area is 103 Å². The van der Waals surface area contributed by atoms with Gasteiger partial charge in [-0.1, -0.05) is 12.1 Å². The van der Waals surface area contributed by atoms with Gasteiger partial charge >= 0.3 is 10.1 Å². The third kappa shape index (κ3) is 2.64. The molecule has 0 aliphatic carbocycles. The van der Waals surface area contributed by atoms with Gasteiger partial charge in [-0.15, -0.1) is 11.3 Å². The SMILES string of the molecule is N#Cc1cccc(OS(=O)(=O)c2cccs2)c1. The smallest absolute Gasteiger partial charge is 0.348 e. The van der Waals surface area contributed by atoms with E-state index in [2.05, 4.69) is 0 Å². The van der Waals surface area contributed by atoms with Crippen molar-refractivity contribution >= 4 is 21.5 Å². The highest BCUT2D eigenvalue weighted by atomic mass is 32.3. The van der Waals surface area contributed by atoms with Crippen LogP contribution in [0.1, 0.15) is 5.56 Å². The maximum absolute atomic E-state index is 11.8. The van der Waals surface area contributed by atoms with E-state index in [1.807, 2.05) is 6.07 Å². The zero-order valence-corrected chi connectivity index (χ0v) is 10.2. The van der Waals surface area contributed by atoms with Crippen LogP contribution in [-0.2, 0) is 10.1 Å². The first kappa shape index (κ1) is 11.6. The number of nitriles is 1. The number of rotatable bonds is 3. The summed E-state index contributed by atoms with van der Waals surface area (Å²) in [6.45, 7) is 0. The summed E-state index contributed by atoms with van der Waals surface area (Å²) in [5.41, 5.74) is 0.351. The van der Waals surface area contributed by atoms with Gasteiger partial charge in [0.25, 0.3) is 0 Å². The molecule has 0 aliphatic heterocycles. The van der Waals surface area contributed by atoms with E-state index < -0.39 is 10.1 Å². The van der Waals surface area contributed by atoms with E-state index in [4.69, 9.17) is 9.44 Å². The molecule has 1 aromatic heterocycles. The molecule has 2 rings (SSSR count). The van der Waals surface area contributed by atoms with Crippen LogP contribution in [0.15, 0.2) is 46.0 Å². The zero-order chi connectivity index (χ0) is 12.3. The largest absolute Gasteiger partial charge is 0.378 e. The fraction of sp³-hybridized carbons (Fsp3) is 0. The Morgan fingerprint density at radius 3 is 2.71 bits per heavy atom. The second-order valence-electron chi connectivity index (χ2n) is 3.11. The summed E-state index contributed by atoms with van der Waals surface area (Å²) in [4.78, 5) is 0. The minimum atomic E-state index is -3.79. The van der Waals surface area contributed by atoms with Crippen molar-refractivity contribution in [3.63, 3.8) is 0 Å². The summed E-state index contributed by atoms with van der Waals surface area (Å²) >= 11 is 1.08. The van der Waals surface area contributed by atoms with Crippen molar-refractivity contribution in [3.8, 4) is 11.8 Å². The summed E-state index contributed by atoms with van der Waals surface area (Å²) in [5.74, 6) is 0.137. The molecule has 0 radical (unpaired) electrons. The molecular weight excluding hydrogens is 258 g/mol. The van der Waals surface area contributed by atoms with Crippen LogP contribution in [0.3, 0.4) is 0 Å². The molecular formula is C11H7NO3S2. The van der Waals surface area contributed by atoms with Crippen LogP contribution in [0.4, 0.5) is 0 Å². The van der Waals surface area contributed by atoms with Crippen LogP contribution < -0.4 is 4.18 Å². The van der Waals surface area contributed by atoms with Gasteiger partial charge in [0.1, 0.15) is 5.75 Å². The Balaban J connectivity index is 2.30. The first-order valence-corrected chi connectivity index (χ1v) is 6.89. The molecule has 86 valence electrons. The Kier molecular flexibility index (Phi) is 3.13. The van der Waals surface area contributed by atoms with E-state index in [9.17, 15) is 8.42 Å². The lowest BCUT2D eigenvalue weighted by Crippen LogP contribution is -2.07. The van der Waals surface area contributed by atoms with Crippen molar-refractivity contribution in [1.82, 2.24) is 0 Å². The van der Waals surface area contributed by atoms with E-state index >= 15 is 0 Å². The van der Waals surface area contributed by atoms with Crippen LogP contribution in [0.5, 0.6) is 5.75 Å². The second kappa shape index (κ2) is 4.57. The minimum Gasteiger partial charge on any atom is -0.378 e. The molecule has 2 aromatic rings. The molecule has 0 spiro atoms. The van der Waals surface area contributed by atoms with Crippen molar-refractivity contribution in [1.29, 1.82) is 5.26 Å². The van der Waals surface area contributed by atoms with Gasteiger partial charge < -0.3 is 4.18 Å². The Bertz CT molecular complexity index is 654. The molecule has 0 amide bonds. The van der Waals surface area contributed by atoms with E-state index in [1.54, 1.807) is 23.6 Å². The van der Waals surface area contributed by atoms with E-state index in [0.29, 0.717) is 5.56 Å². The predicted molar refractivity (Wildman–Crippen MR) is 63.3 cm³/mol. The maximum atomic E-state index is 11.8. The molecule has 0 saturated carbocycles. The molecule has 0 unspecified atom stereocenters. The molecule has 6 heteroatoms. The molecule has 0 atom stereocenters. The van der Waals surface area contributed by atoms with Crippen LogP contribution in [0.25, 0.3) is 0 Å². The number of nitrogens with zero attached hydrogens (tertiary/aromatic N) is 1. The molecule has 17 heavy (non-hydrogen) atoms. The van der Waals surface area contributed by atoms with Crippen LogP contribution in [-0.4, -0.2) is 8.42 Å². The summed E-state index contributed by atoms with van der Waals surface area (Å²) in [6.07, 6.45) is 0. The highest BCUT2D eigenvalue weighted by Crippen LogP contribution is 2.22. The molecule has 0 N–H and O–H groups in total. The third-order valence-corrected chi connectivity index (χ3v) is 4.51. The van der Waals surface area contributed by atoms with Gasteiger partial charge in [-0.2, -0.15) is 13.7 Å². The highest BCUT2D eigenvalue weighted by Gasteiger charge is 2.17. The molecule has 0 bridgehead atoms. The van der Waals surface area contributed by atoms with E-state index in [1.165, 1.54) is 18.2 Å². The fourth-order valence-corrected chi connectivity index (χ4v) is 3.06.